The van der Waals surface area contributed by atoms with Crippen molar-refractivity contribution in [2.24, 2.45) is 5.16 Å². The Balaban J connectivity index is 2.80. The number of amides is 1. The van der Waals surface area contributed by atoms with Crippen LogP contribution in [-0.4, -0.2) is 31.6 Å². The van der Waals surface area contributed by atoms with E-state index in [9.17, 15) is 9.59 Å². The first-order valence-electron chi connectivity index (χ1n) is 4.16. The van der Waals surface area contributed by atoms with Crippen LogP contribution < -0.4 is 5.32 Å². The van der Waals surface area contributed by atoms with Gasteiger partial charge in [-0.25, -0.2) is 0 Å². The number of hydrogen-bond acceptors (Lipinski definition) is 5. The van der Waals surface area contributed by atoms with Crippen LogP contribution in [0.1, 0.15) is 5.76 Å². The van der Waals surface area contributed by atoms with Gasteiger partial charge in [-0.15, -0.1) is 0 Å². The number of nitrogens with zero attached hydrogens (tertiary/aromatic N) is 1. The Morgan fingerprint density at radius 2 is 2.53 bits per heavy atom. The first kappa shape index (κ1) is 11.0. The van der Waals surface area contributed by atoms with Crippen molar-refractivity contribution in [3.05, 3.63) is 24.2 Å². The zero-order chi connectivity index (χ0) is 11.1. The minimum absolute atomic E-state index is 0.00986. The van der Waals surface area contributed by atoms with Crippen molar-refractivity contribution in [2.75, 3.05) is 13.7 Å². The van der Waals surface area contributed by atoms with Gasteiger partial charge >= 0.3 is 0 Å². The summed E-state index contributed by atoms with van der Waals surface area (Å²) < 4.78 is 4.99. The highest BCUT2D eigenvalue weighted by atomic mass is 16.6. The molecule has 80 valence electrons. The van der Waals surface area contributed by atoms with E-state index in [1.54, 1.807) is 12.1 Å². The number of carbonyl (C=O) groups excluding carboxylic acids is 2. The van der Waals surface area contributed by atoms with Gasteiger partial charge in [0.2, 0.25) is 5.71 Å². The molecule has 1 amide bonds. The van der Waals surface area contributed by atoms with E-state index < -0.39 is 5.91 Å². The number of nitrogens with one attached hydrogen (secondary N) is 1. The maximum Gasteiger partial charge on any atom is 0.277 e. The first-order chi connectivity index (χ1) is 7.29. The Hall–Kier alpha value is -2.11. The molecule has 0 saturated heterocycles. The molecule has 0 unspecified atom stereocenters. The number of aldehydes is 1. The minimum atomic E-state index is -0.529. The molecule has 1 rings (SSSR count). The van der Waals surface area contributed by atoms with Gasteiger partial charge in [0.15, 0.2) is 5.76 Å². The molecule has 0 saturated carbocycles. The molecule has 0 aliphatic rings. The van der Waals surface area contributed by atoms with Gasteiger partial charge in [0.05, 0.1) is 12.8 Å². The molecular weight excluding hydrogens is 200 g/mol. The average Bonchev–Trinajstić information content (AvgIpc) is 2.75. The third-order valence-corrected chi connectivity index (χ3v) is 1.50. The molecule has 0 aromatic carbocycles. The lowest BCUT2D eigenvalue weighted by Crippen LogP contribution is -2.32. The Bertz CT molecular complexity index is 356. The number of oxime groups is 1. The number of hydrogen-bond donors (Lipinski definition) is 1. The van der Waals surface area contributed by atoms with E-state index in [-0.39, 0.29) is 18.0 Å². The van der Waals surface area contributed by atoms with Crippen LogP contribution in [0.25, 0.3) is 0 Å². The molecule has 1 N–H and O–H groups in total. The Morgan fingerprint density at radius 1 is 1.73 bits per heavy atom. The maximum atomic E-state index is 11.4. The highest BCUT2D eigenvalue weighted by Gasteiger charge is 2.16. The second-order valence-corrected chi connectivity index (χ2v) is 2.48. The molecule has 0 atom stereocenters. The number of rotatable bonds is 5. The quantitative estimate of drug-likeness (QED) is 0.419. The van der Waals surface area contributed by atoms with Crippen molar-refractivity contribution in [1.29, 1.82) is 0 Å². The van der Waals surface area contributed by atoms with Gasteiger partial charge in [0, 0.05) is 0 Å². The normalized spacial score (nSPS) is 10.9. The molecule has 6 heteroatoms. The Kier molecular flexibility index (Phi) is 4.08. The van der Waals surface area contributed by atoms with E-state index in [2.05, 4.69) is 15.3 Å². The van der Waals surface area contributed by atoms with Gasteiger partial charge in [-0.05, 0) is 12.1 Å². The fraction of sp³-hybridized carbons (Fsp3) is 0.222. The number of furan rings is 1. The van der Waals surface area contributed by atoms with E-state index in [0.717, 1.165) is 0 Å². The molecule has 6 nitrogen and oxygen atoms in total. The lowest BCUT2D eigenvalue weighted by atomic mass is 10.3. The van der Waals surface area contributed by atoms with Crippen LogP contribution >= 0.6 is 0 Å². The molecule has 1 aromatic rings. The Morgan fingerprint density at radius 3 is 3.07 bits per heavy atom. The lowest BCUT2D eigenvalue weighted by Gasteiger charge is -2.01. The summed E-state index contributed by atoms with van der Waals surface area (Å²) in [5, 5.41) is 5.84. The smallest absolute Gasteiger partial charge is 0.277 e. The zero-order valence-electron chi connectivity index (χ0n) is 8.10. The van der Waals surface area contributed by atoms with Gasteiger partial charge in [0.25, 0.3) is 5.91 Å². The van der Waals surface area contributed by atoms with Crippen LogP contribution in [0.15, 0.2) is 28.0 Å². The van der Waals surface area contributed by atoms with E-state index in [0.29, 0.717) is 6.29 Å². The van der Waals surface area contributed by atoms with Crippen LogP contribution in [0.5, 0.6) is 0 Å². The van der Waals surface area contributed by atoms with E-state index in [1.807, 2.05) is 0 Å². The highest BCUT2D eigenvalue weighted by Crippen LogP contribution is 2.03. The van der Waals surface area contributed by atoms with Crippen molar-refractivity contribution in [3.8, 4) is 0 Å². The molecule has 0 spiro atoms. The monoisotopic (exact) mass is 210 g/mol. The fourth-order valence-corrected chi connectivity index (χ4v) is 0.921. The Labute approximate surface area is 85.9 Å². The van der Waals surface area contributed by atoms with Crippen LogP contribution in [0.3, 0.4) is 0 Å². The van der Waals surface area contributed by atoms with Crippen molar-refractivity contribution in [3.63, 3.8) is 0 Å². The van der Waals surface area contributed by atoms with Gasteiger partial charge in [-0.2, -0.15) is 0 Å². The van der Waals surface area contributed by atoms with Gasteiger partial charge in [0.1, 0.15) is 13.4 Å². The average molecular weight is 210 g/mol. The van der Waals surface area contributed by atoms with E-state index >= 15 is 0 Å². The molecule has 0 fully saturated rings. The predicted molar refractivity (Wildman–Crippen MR) is 51.3 cm³/mol. The second kappa shape index (κ2) is 5.58. The summed E-state index contributed by atoms with van der Waals surface area (Å²) >= 11 is 0. The molecule has 0 aliphatic heterocycles. The maximum absolute atomic E-state index is 11.4. The third kappa shape index (κ3) is 2.94. The topological polar surface area (TPSA) is 80.9 Å². The van der Waals surface area contributed by atoms with Crippen LogP contribution in [0.2, 0.25) is 0 Å². The third-order valence-electron chi connectivity index (χ3n) is 1.50. The molecule has 0 bridgehead atoms. The van der Waals surface area contributed by atoms with Crippen molar-refractivity contribution in [1.82, 2.24) is 5.32 Å². The molecule has 0 radical (unpaired) electrons. The van der Waals surface area contributed by atoms with Crippen LogP contribution in [0.4, 0.5) is 0 Å². The fourth-order valence-electron chi connectivity index (χ4n) is 0.921. The summed E-state index contributed by atoms with van der Waals surface area (Å²) in [7, 11) is 1.32. The SMILES string of the molecule is CO/N=C(\C(=O)NCC=O)c1ccco1. The van der Waals surface area contributed by atoms with Crippen molar-refractivity contribution >= 4 is 17.9 Å². The standard InChI is InChI=1S/C9H10N2O4/c1-14-11-8(7-3-2-6-15-7)9(13)10-4-5-12/h2-3,5-6H,4H2,1H3,(H,10,13)/b11-8-. The summed E-state index contributed by atoms with van der Waals surface area (Å²) in [6.45, 7) is -0.0811. The minimum Gasteiger partial charge on any atom is -0.462 e. The molecule has 1 heterocycles. The molecule has 1 aromatic heterocycles. The molecule has 0 aliphatic carbocycles. The molecular formula is C9H10N2O4. The van der Waals surface area contributed by atoms with E-state index in [4.69, 9.17) is 4.42 Å². The van der Waals surface area contributed by atoms with Crippen molar-refractivity contribution < 1.29 is 18.8 Å². The number of carbonyl (C=O) groups is 2. The predicted octanol–water partition coefficient (Wildman–Crippen LogP) is -0.0548. The van der Waals surface area contributed by atoms with E-state index in [1.165, 1.54) is 13.4 Å². The molecule has 15 heavy (non-hydrogen) atoms. The van der Waals surface area contributed by atoms with Crippen molar-refractivity contribution in [2.45, 2.75) is 0 Å². The largest absolute Gasteiger partial charge is 0.462 e. The summed E-state index contributed by atoms with van der Waals surface area (Å²) in [6.07, 6.45) is 1.98. The second-order valence-electron chi connectivity index (χ2n) is 2.48. The van der Waals surface area contributed by atoms with Gasteiger partial charge < -0.3 is 19.4 Å². The summed E-state index contributed by atoms with van der Waals surface area (Å²) in [5.41, 5.74) is -0.00986. The van der Waals surface area contributed by atoms with Gasteiger partial charge in [-0.3, -0.25) is 4.79 Å². The summed E-state index contributed by atoms with van der Waals surface area (Å²) in [6, 6.07) is 3.19. The van der Waals surface area contributed by atoms with Gasteiger partial charge in [-0.1, -0.05) is 5.16 Å². The first-order valence-corrected chi connectivity index (χ1v) is 4.16. The van der Waals surface area contributed by atoms with Crippen LogP contribution in [0, 0.1) is 0 Å². The summed E-state index contributed by atoms with van der Waals surface area (Å²) in [5.74, 6) is -0.251. The summed E-state index contributed by atoms with van der Waals surface area (Å²) in [4.78, 5) is 26.0. The highest BCUT2D eigenvalue weighted by molar-refractivity contribution is 6.44. The van der Waals surface area contributed by atoms with Crippen LogP contribution in [-0.2, 0) is 14.4 Å². The lowest BCUT2D eigenvalue weighted by molar-refractivity contribution is -0.117. The zero-order valence-corrected chi connectivity index (χ0v) is 8.10.